The fourth-order valence-electron chi connectivity index (χ4n) is 1.11. The summed E-state index contributed by atoms with van der Waals surface area (Å²) < 4.78 is 26.1. The summed E-state index contributed by atoms with van der Waals surface area (Å²) in [6, 6.07) is 5.83. The average Bonchev–Trinajstić information content (AvgIpc) is 2.29. The summed E-state index contributed by atoms with van der Waals surface area (Å²) in [5.41, 5.74) is 0.317. The molecule has 1 aromatic carbocycles. The molecule has 0 saturated carbocycles. The minimum Gasteiger partial charge on any atom is -0.768 e. The van der Waals surface area contributed by atoms with E-state index in [0.717, 1.165) is 0 Å². The van der Waals surface area contributed by atoms with E-state index in [4.69, 9.17) is 4.74 Å². The van der Waals surface area contributed by atoms with Crippen molar-refractivity contribution in [3.8, 4) is 0 Å². The molecule has 1 aromatic rings. The summed E-state index contributed by atoms with van der Waals surface area (Å²) in [7, 11) is 1.54. The molecule has 0 spiro atoms. The Balaban J connectivity index is 0.00000256. The molecule has 0 fully saturated rings. The first kappa shape index (κ1) is 16.8. The molecule has 5 nitrogen and oxygen atoms in total. The molecule has 17 heavy (non-hydrogen) atoms. The van der Waals surface area contributed by atoms with Gasteiger partial charge in [-0.1, -0.05) is 6.07 Å². The van der Waals surface area contributed by atoms with E-state index in [9.17, 15) is 13.6 Å². The standard InChI is InChI=1S/C10H13NO4S.Na/c1-15-6-5-11-10(12)8-3-2-4-9(7-8)16(13)14;/h2-4,7H,5-6H2,1H3,(H,11,12)(H,13,14);/q;+1/p-1. The Kier molecular flexibility index (Phi) is 8.67. The largest absolute Gasteiger partial charge is 1.00 e. The van der Waals surface area contributed by atoms with Crippen LogP contribution in [-0.2, 0) is 15.8 Å². The Morgan fingerprint density at radius 1 is 1.53 bits per heavy atom. The van der Waals surface area contributed by atoms with Crippen molar-refractivity contribution >= 4 is 17.0 Å². The van der Waals surface area contributed by atoms with Gasteiger partial charge in [-0.05, 0) is 29.3 Å². The van der Waals surface area contributed by atoms with Crippen LogP contribution in [0.5, 0.6) is 0 Å². The molecule has 88 valence electrons. The van der Waals surface area contributed by atoms with E-state index in [1.807, 2.05) is 0 Å². The number of amides is 1. The fourth-order valence-corrected chi connectivity index (χ4v) is 1.52. The first-order valence-corrected chi connectivity index (χ1v) is 5.69. The van der Waals surface area contributed by atoms with Crippen molar-refractivity contribution in [1.82, 2.24) is 5.32 Å². The van der Waals surface area contributed by atoms with Crippen LogP contribution in [0.25, 0.3) is 0 Å². The molecule has 0 aromatic heterocycles. The maximum absolute atomic E-state index is 11.5. The summed E-state index contributed by atoms with van der Waals surface area (Å²) in [5.74, 6) is -0.315. The number of benzene rings is 1. The fraction of sp³-hybridized carbons (Fsp3) is 0.300. The smallest absolute Gasteiger partial charge is 0.768 e. The van der Waals surface area contributed by atoms with E-state index < -0.39 is 11.1 Å². The first-order valence-electron chi connectivity index (χ1n) is 4.61. The molecule has 0 heterocycles. The second-order valence-electron chi connectivity index (χ2n) is 3.01. The van der Waals surface area contributed by atoms with Gasteiger partial charge in [0.25, 0.3) is 5.91 Å². The van der Waals surface area contributed by atoms with Gasteiger partial charge in [0.05, 0.1) is 6.61 Å². The van der Waals surface area contributed by atoms with Crippen LogP contribution < -0.4 is 34.9 Å². The van der Waals surface area contributed by atoms with Gasteiger partial charge in [0, 0.05) is 24.1 Å². The molecule has 0 aliphatic rings. The molecule has 0 bridgehead atoms. The van der Waals surface area contributed by atoms with E-state index in [-0.39, 0.29) is 40.4 Å². The zero-order valence-electron chi connectivity index (χ0n) is 9.76. The van der Waals surface area contributed by atoms with Crippen LogP contribution in [0, 0.1) is 0 Å². The number of ether oxygens (including phenoxy) is 1. The second kappa shape index (κ2) is 8.79. The van der Waals surface area contributed by atoms with Gasteiger partial charge < -0.3 is 14.6 Å². The molecule has 1 atom stereocenters. The number of hydrogen-bond donors (Lipinski definition) is 1. The van der Waals surface area contributed by atoms with Crippen LogP contribution in [0.4, 0.5) is 0 Å². The molecular formula is C10H12NNaO4S. The summed E-state index contributed by atoms with van der Waals surface area (Å²) in [4.78, 5) is 11.6. The molecule has 0 aliphatic heterocycles. The number of carbonyl (C=O) groups is 1. The Labute approximate surface area is 125 Å². The molecule has 1 amide bonds. The molecule has 1 N–H and O–H groups in total. The summed E-state index contributed by atoms with van der Waals surface area (Å²) >= 11 is -2.32. The van der Waals surface area contributed by atoms with Crippen LogP contribution in [-0.4, -0.2) is 34.9 Å². The SMILES string of the molecule is COCCNC(=O)c1cccc(S(=O)[O-])c1.[Na+]. The van der Waals surface area contributed by atoms with Gasteiger partial charge in [0.15, 0.2) is 0 Å². The third-order valence-corrected chi connectivity index (χ3v) is 2.52. The maximum atomic E-state index is 11.5. The van der Waals surface area contributed by atoms with E-state index in [1.165, 1.54) is 25.3 Å². The minimum atomic E-state index is -2.32. The Morgan fingerprint density at radius 2 is 2.24 bits per heavy atom. The van der Waals surface area contributed by atoms with Crippen molar-refractivity contribution in [2.75, 3.05) is 20.3 Å². The number of carbonyl (C=O) groups excluding carboxylic acids is 1. The van der Waals surface area contributed by atoms with Gasteiger partial charge in [0.2, 0.25) is 0 Å². The van der Waals surface area contributed by atoms with Gasteiger partial charge >= 0.3 is 29.6 Å². The topological polar surface area (TPSA) is 78.5 Å². The number of methoxy groups -OCH3 is 1. The van der Waals surface area contributed by atoms with Crippen LogP contribution in [0.15, 0.2) is 29.2 Å². The normalized spacial score (nSPS) is 11.4. The Morgan fingerprint density at radius 3 is 2.82 bits per heavy atom. The van der Waals surface area contributed by atoms with Crippen molar-refractivity contribution in [2.45, 2.75) is 4.90 Å². The third kappa shape index (κ3) is 5.76. The predicted molar refractivity (Wildman–Crippen MR) is 57.8 cm³/mol. The van der Waals surface area contributed by atoms with Gasteiger partial charge in [-0.15, -0.1) is 0 Å². The van der Waals surface area contributed by atoms with Crippen LogP contribution >= 0.6 is 0 Å². The summed E-state index contributed by atoms with van der Waals surface area (Å²) in [6.45, 7) is 0.805. The van der Waals surface area contributed by atoms with Crippen molar-refractivity contribution in [1.29, 1.82) is 0 Å². The van der Waals surface area contributed by atoms with Crippen LogP contribution in [0.2, 0.25) is 0 Å². The average molecular weight is 265 g/mol. The maximum Gasteiger partial charge on any atom is 1.00 e. The second-order valence-corrected chi connectivity index (χ2v) is 3.95. The Hall–Kier alpha value is -0.240. The quantitative estimate of drug-likeness (QED) is 0.357. The van der Waals surface area contributed by atoms with E-state index in [1.54, 1.807) is 6.07 Å². The Bertz CT molecular complexity index is 400. The summed E-state index contributed by atoms with van der Waals surface area (Å²) in [5, 5.41) is 2.60. The van der Waals surface area contributed by atoms with Gasteiger partial charge in [-0.25, -0.2) is 0 Å². The van der Waals surface area contributed by atoms with Crippen molar-refractivity contribution in [2.24, 2.45) is 0 Å². The molecular weight excluding hydrogens is 253 g/mol. The van der Waals surface area contributed by atoms with Crippen LogP contribution in [0.1, 0.15) is 10.4 Å². The molecule has 1 rings (SSSR count). The number of rotatable bonds is 5. The zero-order chi connectivity index (χ0) is 12.0. The third-order valence-electron chi connectivity index (χ3n) is 1.88. The summed E-state index contributed by atoms with van der Waals surface area (Å²) in [6.07, 6.45) is 0. The molecule has 1 unspecified atom stereocenters. The number of hydrogen-bond acceptors (Lipinski definition) is 4. The zero-order valence-corrected chi connectivity index (χ0v) is 12.6. The van der Waals surface area contributed by atoms with E-state index in [2.05, 4.69) is 5.32 Å². The van der Waals surface area contributed by atoms with Crippen molar-refractivity contribution in [3.05, 3.63) is 29.8 Å². The predicted octanol–water partition coefficient (Wildman–Crippen LogP) is -2.70. The van der Waals surface area contributed by atoms with Gasteiger partial charge in [-0.3, -0.25) is 9.00 Å². The van der Waals surface area contributed by atoms with E-state index in [0.29, 0.717) is 18.7 Å². The van der Waals surface area contributed by atoms with Crippen LogP contribution in [0.3, 0.4) is 0 Å². The molecule has 7 heteroatoms. The van der Waals surface area contributed by atoms with Gasteiger partial charge in [0.1, 0.15) is 0 Å². The van der Waals surface area contributed by atoms with Crippen molar-refractivity contribution < 1.29 is 47.9 Å². The number of nitrogens with one attached hydrogen (secondary N) is 1. The van der Waals surface area contributed by atoms with Crippen molar-refractivity contribution in [3.63, 3.8) is 0 Å². The minimum absolute atomic E-state index is 0. The van der Waals surface area contributed by atoms with Gasteiger partial charge in [-0.2, -0.15) is 0 Å². The molecule has 0 saturated heterocycles. The molecule has 0 radical (unpaired) electrons. The monoisotopic (exact) mass is 265 g/mol. The first-order chi connectivity index (χ1) is 7.65. The van der Waals surface area contributed by atoms with E-state index >= 15 is 0 Å². The molecule has 0 aliphatic carbocycles.